The molecule has 0 fully saturated rings. The van der Waals surface area contributed by atoms with Gasteiger partial charge in [0.1, 0.15) is 11.5 Å². The molecular formula is C14H23N3O2. The molecule has 0 aliphatic carbocycles. The number of anilines is 1. The van der Waals surface area contributed by atoms with E-state index in [0.29, 0.717) is 12.3 Å². The minimum absolute atomic E-state index is 0.192. The third-order valence-corrected chi connectivity index (χ3v) is 2.49. The Balaban J connectivity index is 2.71. The molecule has 0 aromatic carbocycles. The molecule has 0 bridgehead atoms. The fourth-order valence-corrected chi connectivity index (χ4v) is 1.68. The van der Waals surface area contributed by atoms with Gasteiger partial charge in [-0.05, 0) is 32.4 Å². The fraction of sp³-hybridized carbons (Fsp3) is 0.571. The van der Waals surface area contributed by atoms with Crippen LogP contribution in [0.15, 0.2) is 18.2 Å². The second-order valence-electron chi connectivity index (χ2n) is 5.11. The van der Waals surface area contributed by atoms with E-state index in [1.807, 2.05) is 26.0 Å². The van der Waals surface area contributed by atoms with Gasteiger partial charge in [-0.2, -0.15) is 0 Å². The molecule has 1 aromatic rings. The standard InChI is InChI=1S/C14H23N3O2/c1-5-9-15-12-8-6-7-11(16-12)13(18)17-14(2,3)10-19-4/h6-8H,5,9-10H2,1-4H3,(H,15,16)(H,17,18). The van der Waals surface area contributed by atoms with Crippen LogP contribution in [-0.4, -0.2) is 36.7 Å². The Morgan fingerprint density at radius 3 is 2.79 bits per heavy atom. The van der Waals surface area contributed by atoms with Gasteiger partial charge in [-0.15, -0.1) is 0 Å². The topological polar surface area (TPSA) is 63.2 Å². The van der Waals surface area contributed by atoms with Crippen LogP contribution in [0, 0.1) is 0 Å². The number of amides is 1. The summed E-state index contributed by atoms with van der Waals surface area (Å²) in [7, 11) is 1.61. The summed E-state index contributed by atoms with van der Waals surface area (Å²) in [6, 6.07) is 5.38. The molecule has 0 saturated carbocycles. The molecule has 1 amide bonds. The highest BCUT2D eigenvalue weighted by molar-refractivity contribution is 5.93. The van der Waals surface area contributed by atoms with E-state index in [4.69, 9.17) is 4.74 Å². The van der Waals surface area contributed by atoms with Crippen LogP contribution in [0.4, 0.5) is 5.82 Å². The monoisotopic (exact) mass is 265 g/mol. The van der Waals surface area contributed by atoms with Gasteiger partial charge in [-0.25, -0.2) is 4.98 Å². The van der Waals surface area contributed by atoms with Gasteiger partial charge in [0.15, 0.2) is 0 Å². The maximum atomic E-state index is 12.1. The molecule has 0 aliphatic heterocycles. The van der Waals surface area contributed by atoms with Crippen molar-refractivity contribution < 1.29 is 9.53 Å². The lowest BCUT2D eigenvalue weighted by molar-refractivity contribution is 0.0815. The Bertz CT molecular complexity index is 419. The second kappa shape index (κ2) is 7.09. The zero-order valence-electron chi connectivity index (χ0n) is 12.1. The van der Waals surface area contributed by atoms with Crippen LogP contribution in [0.25, 0.3) is 0 Å². The Labute approximate surface area is 114 Å². The van der Waals surface area contributed by atoms with Crippen molar-refractivity contribution in [3.8, 4) is 0 Å². The van der Waals surface area contributed by atoms with E-state index in [-0.39, 0.29) is 5.91 Å². The molecule has 0 unspecified atom stereocenters. The number of nitrogens with one attached hydrogen (secondary N) is 2. The smallest absolute Gasteiger partial charge is 0.270 e. The first kappa shape index (κ1) is 15.4. The maximum absolute atomic E-state index is 12.1. The van der Waals surface area contributed by atoms with E-state index in [9.17, 15) is 4.79 Å². The number of carbonyl (C=O) groups excluding carboxylic acids is 1. The summed E-state index contributed by atoms with van der Waals surface area (Å²) in [5.74, 6) is 0.529. The normalized spacial score (nSPS) is 11.2. The molecule has 1 rings (SSSR count). The fourth-order valence-electron chi connectivity index (χ4n) is 1.68. The molecule has 0 saturated heterocycles. The van der Waals surface area contributed by atoms with Gasteiger partial charge < -0.3 is 15.4 Å². The first-order valence-corrected chi connectivity index (χ1v) is 6.51. The number of nitrogens with zero attached hydrogens (tertiary/aromatic N) is 1. The number of aromatic nitrogens is 1. The number of hydrogen-bond donors (Lipinski definition) is 2. The molecular weight excluding hydrogens is 242 g/mol. The van der Waals surface area contributed by atoms with Crippen molar-refractivity contribution in [3.63, 3.8) is 0 Å². The molecule has 0 spiro atoms. The number of ether oxygens (including phenoxy) is 1. The van der Waals surface area contributed by atoms with Gasteiger partial charge in [-0.1, -0.05) is 13.0 Å². The third kappa shape index (κ3) is 5.26. The van der Waals surface area contributed by atoms with E-state index in [1.165, 1.54) is 0 Å². The quantitative estimate of drug-likeness (QED) is 0.792. The minimum Gasteiger partial charge on any atom is -0.382 e. The SMILES string of the molecule is CCCNc1cccc(C(=O)NC(C)(C)COC)n1. The molecule has 19 heavy (non-hydrogen) atoms. The summed E-state index contributed by atoms with van der Waals surface area (Å²) in [4.78, 5) is 16.4. The van der Waals surface area contributed by atoms with Gasteiger partial charge in [0.05, 0.1) is 12.1 Å². The molecule has 1 heterocycles. The van der Waals surface area contributed by atoms with E-state index >= 15 is 0 Å². The van der Waals surface area contributed by atoms with Crippen molar-refractivity contribution in [1.82, 2.24) is 10.3 Å². The number of rotatable bonds is 7. The second-order valence-corrected chi connectivity index (χ2v) is 5.11. The van der Waals surface area contributed by atoms with Crippen LogP contribution in [0.2, 0.25) is 0 Å². The summed E-state index contributed by atoms with van der Waals surface area (Å²) < 4.78 is 5.07. The molecule has 2 N–H and O–H groups in total. The van der Waals surface area contributed by atoms with E-state index in [2.05, 4.69) is 22.5 Å². The van der Waals surface area contributed by atoms with Crippen LogP contribution < -0.4 is 10.6 Å². The summed E-state index contributed by atoms with van der Waals surface area (Å²) in [5, 5.41) is 6.06. The van der Waals surface area contributed by atoms with Crippen LogP contribution >= 0.6 is 0 Å². The molecule has 5 nitrogen and oxygen atoms in total. The number of pyridine rings is 1. The summed E-state index contributed by atoms with van der Waals surface area (Å²) >= 11 is 0. The molecule has 0 atom stereocenters. The van der Waals surface area contributed by atoms with Gasteiger partial charge >= 0.3 is 0 Å². The van der Waals surface area contributed by atoms with Crippen molar-refractivity contribution in [2.24, 2.45) is 0 Å². The minimum atomic E-state index is -0.416. The van der Waals surface area contributed by atoms with Crippen molar-refractivity contribution in [2.75, 3.05) is 25.6 Å². The predicted octanol–water partition coefficient (Wildman–Crippen LogP) is 2.06. The van der Waals surface area contributed by atoms with Crippen LogP contribution in [0.3, 0.4) is 0 Å². The maximum Gasteiger partial charge on any atom is 0.270 e. The van der Waals surface area contributed by atoms with Gasteiger partial charge in [0.25, 0.3) is 5.91 Å². The highest BCUT2D eigenvalue weighted by Gasteiger charge is 2.21. The van der Waals surface area contributed by atoms with Gasteiger partial charge in [0.2, 0.25) is 0 Å². The Kier molecular flexibility index (Phi) is 5.76. The highest BCUT2D eigenvalue weighted by atomic mass is 16.5. The Morgan fingerprint density at radius 2 is 2.16 bits per heavy atom. The molecule has 5 heteroatoms. The van der Waals surface area contributed by atoms with E-state index < -0.39 is 5.54 Å². The summed E-state index contributed by atoms with van der Waals surface area (Å²) in [6.45, 7) is 7.19. The van der Waals surface area contributed by atoms with Crippen molar-refractivity contribution >= 4 is 11.7 Å². The molecule has 106 valence electrons. The van der Waals surface area contributed by atoms with Crippen LogP contribution in [0.1, 0.15) is 37.7 Å². The van der Waals surface area contributed by atoms with Crippen molar-refractivity contribution in [3.05, 3.63) is 23.9 Å². The third-order valence-electron chi connectivity index (χ3n) is 2.49. The predicted molar refractivity (Wildman–Crippen MR) is 76.4 cm³/mol. The zero-order valence-corrected chi connectivity index (χ0v) is 12.1. The van der Waals surface area contributed by atoms with Gasteiger partial charge in [0, 0.05) is 13.7 Å². The number of methoxy groups -OCH3 is 1. The lowest BCUT2D eigenvalue weighted by Crippen LogP contribution is -2.47. The largest absolute Gasteiger partial charge is 0.382 e. The molecule has 1 aromatic heterocycles. The molecule has 0 aliphatic rings. The lowest BCUT2D eigenvalue weighted by atomic mass is 10.1. The molecule has 0 radical (unpaired) electrons. The summed E-state index contributed by atoms with van der Waals surface area (Å²) in [6.07, 6.45) is 1.01. The highest BCUT2D eigenvalue weighted by Crippen LogP contribution is 2.08. The van der Waals surface area contributed by atoms with Crippen LogP contribution in [0.5, 0.6) is 0 Å². The van der Waals surface area contributed by atoms with Crippen molar-refractivity contribution in [2.45, 2.75) is 32.7 Å². The zero-order chi connectivity index (χ0) is 14.3. The van der Waals surface area contributed by atoms with E-state index in [0.717, 1.165) is 18.8 Å². The Morgan fingerprint density at radius 1 is 1.42 bits per heavy atom. The first-order chi connectivity index (χ1) is 8.98. The first-order valence-electron chi connectivity index (χ1n) is 6.51. The lowest BCUT2D eigenvalue weighted by Gasteiger charge is -2.25. The van der Waals surface area contributed by atoms with Gasteiger partial charge in [-0.3, -0.25) is 4.79 Å². The Hall–Kier alpha value is -1.62. The van der Waals surface area contributed by atoms with Crippen molar-refractivity contribution in [1.29, 1.82) is 0 Å². The average molecular weight is 265 g/mol. The average Bonchev–Trinajstić information content (AvgIpc) is 2.36. The number of carbonyl (C=O) groups is 1. The number of hydrogen-bond acceptors (Lipinski definition) is 4. The van der Waals surface area contributed by atoms with E-state index in [1.54, 1.807) is 13.2 Å². The van der Waals surface area contributed by atoms with Crippen LogP contribution in [-0.2, 0) is 4.74 Å². The summed E-state index contributed by atoms with van der Waals surface area (Å²) in [5.41, 5.74) is -0.00864.